The van der Waals surface area contributed by atoms with Crippen LogP contribution in [0, 0.1) is 11.3 Å². The molecule has 0 saturated heterocycles. The summed E-state index contributed by atoms with van der Waals surface area (Å²) in [6, 6.07) is 16.8. The fraction of sp³-hybridized carbons (Fsp3) is 0.0870. The zero-order valence-corrected chi connectivity index (χ0v) is 20.6. The smallest absolute Gasteiger partial charge is 0.337 e. The maximum absolute atomic E-state index is 13.3. The van der Waals surface area contributed by atoms with E-state index in [0.717, 1.165) is 21.4 Å². The van der Waals surface area contributed by atoms with Gasteiger partial charge in [-0.05, 0) is 29.3 Å². The number of methoxy groups -OCH3 is 1. The van der Waals surface area contributed by atoms with E-state index in [1.54, 1.807) is 12.1 Å². The quantitative estimate of drug-likeness (QED) is 0.486. The Morgan fingerprint density at radius 1 is 1.19 bits per heavy atom. The normalized spacial score (nSPS) is 16.0. The van der Waals surface area contributed by atoms with Crippen LogP contribution in [0.5, 0.6) is 0 Å². The number of thiazole rings is 1. The van der Waals surface area contributed by atoms with Crippen molar-refractivity contribution in [2.75, 3.05) is 7.11 Å². The third kappa shape index (κ3) is 3.64. The molecule has 32 heavy (non-hydrogen) atoms. The maximum Gasteiger partial charge on any atom is 0.337 e. The average molecular weight is 573 g/mol. The number of hydrogen-bond acceptors (Lipinski definition) is 6. The molecule has 1 aliphatic heterocycles. The molecule has 0 amide bonds. The van der Waals surface area contributed by atoms with Gasteiger partial charge in [0.1, 0.15) is 10.5 Å². The number of carbonyl (C=O) groups excluding carboxylic acids is 1. The van der Waals surface area contributed by atoms with Gasteiger partial charge >= 0.3 is 5.97 Å². The third-order valence-electron chi connectivity index (χ3n) is 5.08. The molecule has 1 aromatic heterocycles. The number of nitrogens with two attached hydrogens (primary N) is 1. The number of hydrogen-bond donors (Lipinski definition) is 1. The second kappa shape index (κ2) is 8.90. The molecule has 0 fully saturated rings. The summed E-state index contributed by atoms with van der Waals surface area (Å²) >= 11 is 8.12. The van der Waals surface area contributed by atoms with E-state index >= 15 is 0 Å². The van der Waals surface area contributed by atoms with E-state index in [9.17, 15) is 14.9 Å². The van der Waals surface area contributed by atoms with Crippen LogP contribution in [-0.2, 0) is 9.53 Å². The van der Waals surface area contributed by atoms with Crippen molar-refractivity contribution in [3.05, 3.63) is 93.7 Å². The Morgan fingerprint density at radius 2 is 1.84 bits per heavy atom. The number of fused-ring (bicyclic) bond motifs is 1. The number of nitrogens with zero attached hydrogens (tertiary/aromatic N) is 2. The Kier molecular flexibility index (Phi) is 6.20. The molecule has 160 valence electrons. The highest BCUT2D eigenvalue weighted by Gasteiger charge is 2.36. The van der Waals surface area contributed by atoms with Crippen molar-refractivity contribution in [2.45, 2.75) is 5.92 Å². The lowest BCUT2D eigenvalue weighted by atomic mass is 9.84. The van der Waals surface area contributed by atoms with Crippen molar-refractivity contribution in [1.82, 2.24) is 4.57 Å². The molecular formula is C23H15Br2N3O3S. The first kappa shape index (κ1) is 22.3. The third-order valence-corrected chi connectivity index (χ3v) is 7.63. The van der Waals surface area contributed by atoms with Crippen LogP contribution in [0.15, 0.2) is 67.8 Å². The van der Waals surface area contributed by atoms with Crippen LogP contribution in [0.25, 0.3) is 17.5 Å². The molecule has 0 radical (unpaired) electrons. The van der Waals surface area contributed by atoms with Gasteiger partial charge in [0.2, 0.25) is 0 Å². The molecule has 0 bridgehead atoms. The molecule has 0 aliphatic carbocycles. The van der Waals surface area contributed by atoms with Gasteiger partial charge in [0.05, 0.1) is 34.8 Å². The predicted molar refractivity (Wildman–Crippen MR) is 131 cm³/mol. The summed E-state index contributed by atoms with van der Waals surface area (Å²) in [6.45, 7) is 0. The second-order valence-electron chi connectivity index (χ2n) is 6.85. The number of rotatable bonds is 3. The standard InChI is InChI=1S/C23H15Br2N3O3S/c1-31-23(30)19-18(13-7-3-5-9-16(13)25)14(11-26)20(27)28-21(29)17(32-22(19)28)10-12-6-2-4-8-15(12)24/h2-10,18H,27H2,1H3/t18-/m0/s1. The van der Waals surface area contributed by atoms with Crippen LogP contribution >= 0.6 is 43.2 Å². The maximum atomic E-state index is 13.3. The molecule has 6 nitrogen and oxygen atoms in total. The summed E-state index contributed by atoms with van der Waals surface area (Å²) in [4.78, 5) is 26.2. The van der Waals surface area contributed by atoms with Crippen LogP contribution < -0.4 is 20.5 Å². The topological polar surface area (TPSA) is 98.1 Å². The minimum Gasteiger partial charge on any atom is -0.466 e. The number of allylic oxidation sites excluding steroid dienone is 1. The molecule has 2 aromatic carbocycles. The van der Waals surface area contributed by atoms with Crippen molar-refractivity contribution in [3.8, 4) is 6.07 Å². The second-order valence-corrected chi connectivity index (χ2v) is 9.59. The molecule has 2 N–H and O–H groups in total. The van der Waals surface area contributed by atoms with E-state index in [-0.39, 0.29) is 17.0 Å². The van der Waals surface area contributed by atoms with Gasteiger partial charge in [-0.3, -0.25) is 9.36 Å². The first-order valence-corrected chi connectivity index (χ1v) is 11.7. The molecule has 0 unspecified atom stereocenters. The lowest BCUT2D eigenvalue weighted by molar-refractivity contribution is -0.134. The first-order chi connectivity index (χ1) is 15.4. The molecule has 2 heterocycles. The van der Waals surface area contributed by atoms with Crippen LogP contribution in [0.2, 0.25) is 0 Å². The molecular weight excluding hydrogens is 558 g/mol. The number of halogens is 2. The Balaban J connectivity index is 2.15. The summed E-state index contributed by atoms with van der Waals surface area (Å²) in [6.07, 6.45) is 1.73. The number of nitriles is 1. The minimum atomic E-state index is -0.780. The summed E-state index contributed by atoms with van der Waals surface area (Å²) in [5, 5.41) is 9.96. The number of ether oxygens (including phenoxy) is 1. The van der Waals surface area contributed by atoms with Crippen molar-refractivity contribution in [1.29, 1.82) is 5.26 Å². The highest BCUT2D eigenvalue weighted by Crippen LogP contribution is 2.39. The monoisotopic (exact) mass is 571 g/mol. The van der Waals surface area contributed by atoms with Gasteiger partial charge in [-0.15, -0.1) is 11.3 Å². The van der Waals surface area contributed by atoms with Gasteiger partial charge in [0.15, 0.2) is 0 Å². The highest BCUT2D eigenvalue weighted by atomic mass is 79.9. The van der Waals surface area contributed by atoms with Crippen LogP contribution in [0.3, 0.4) is 0 Å². The zero-order valence-electron chi connectivity index (χ0n) is 16.6. The number of esters is 1. The van der Waals surface area contributed by atoms with E-state index in [1.165, 1.54) is 11.7 Å². The van der Waals surface area contributed by atoms with E-state index in [2.05, 4.69) is 37.9 Å². The summed E-state index contributed by atoms with van der Waals surface area (Å²) < 4.78 is 8.54. The lowest BCUT2D eigenvalue weighted by Crippen LogP contribution is -2.40. The Hall–Kier alpha value is -2.93. The fourth-order valence-corrected chi connectivity index (χ4v) is 5.68. The predicted octanol–water partition coefficient (Wildman–Crippen LogP) is 3.04. The lowest BCUT2D eigenvalue weighted by Gasteiger charge is -2.25. The SMILES string of the molecule is COC(=O)C1=c2sc(=Cc3ccccc3Br)c(=O)n2C(N)=C(C#N)[C@@H]1c1ccccc1Br. The van der Waals surface area contributed by atoms with Gasteiger partial charge in [-0.2, -0.15) is 5.26 Å². The van der Waals surface area contributed by atoms with Gasteiger partial charge in [0, 0.05) is 8.95 Å². The minimum absolute atomic E-state index is 0.00364. The molecule has 1 aliphatic rings. The van der Waals surface area contributed by atoms with Crippen LogP contribution in [-0.4, -0.2) is 17.6 Å². The Bertz CT molecular complexity index is 1510. The van der Waals surface area contributed by atoms with Crippen molar-refractivity contribution in [2.24, 2.45) is 5.73 Å². The Morgan fingerprint density at radius 3 is 2.47 bits per heavy atom. The van der Waals surface area contributed by atoms with Crippen molar-refractivity contribution >= 4 is 66.6 Å². The van der Waals surface area contributed by atoms with E-state index in [1.807, 2.05) is 42.5 Å². The van der Waals surface area contributed by atoms with E-state index in [0.29, 0.717) is 19.2 Å². The van der Waals surface area contributed by atoms with Gasteiger partial charge < -0.3 is 10.5 Å². The number of carbonyl (C=O) groups is 1. The van der Waals surface area contributed by atoms with Crippen LogP contribution in [0.1, 0.15) is 17.0 Å². The van der Waals surface area contributed by atoms with Crippen molar-refractivity contribution < 1.29 is 9.53 Å². The summed E-state index contributed by atoms with van der Waals surface area (Å²) in [5.74, 6) is -1.41. The summed E-state index contributed by atoms with van der Waals surface area (Å²) in [7, 11) is 1.27. The highest BCUT2D eigenvalue weighted by molar-refractivity contribution is 9.10. The molecule has 9 heteroatoms. The first-order valence-electron chi connectivity index (χ1n) is 9.34. The van der Waals surface area contributed by atoms with E-state index < -0.39 is 17.4 Å². The van der Waals surface area contributed by atoms with Crippen molar-refractivity contribution in [3.63, 3.8) is 0 Å². The number of aromatic nitrogens is 1. The average Bonchev–Trinajstić information content (AvgIpc) is 3.11. The van der Waals surface area contributed by atoms with Gasteiger partial charge in [-0.25, -0.2) is 4.79 Å². The fourth-order valence-electron chi connectivity index (χ4n) is 3.61. The molecule has 1 atom stereocenters. The van der Waals surface area contributed by atoms with E-state index in [4.69, 9.17) is 10.5 Å². The number of benzene rings is 2. The molecule has 0 saturated carbocycles. The molecule has 0 spiro atoms. The molecule has 4 rings (SSSR count). The zero-order chi connectivity index (χ0) is 23.0. The largest absolute Gasteiger partial charge is 0.466 e. The summed E-state index contributed by atoms with van der Waals surface area (Å²) in [5.41, 5.74) is 7.72. The van der Waals surface area contributed by atoms with Gasteiger partial charge in [-0.1, -0.05) is 68.3 Å². The Labute approximate surface area is 203 Å². The molecule has 3 aromatic rings. The van der Waals surface area contributed by atoms with Gasteiger partial charge in [0.25, 0.3) is 5.56 Å². The van der Waals surface area contributed by atoms with Crippen LogP contribution in [0.4, 0.5) is 0 Å².